The zero-order chi connectivity index (χ0) is 14.2. The Bertz CT molecular complexity index is 618. The highest BCUT2D eigenvalue weighted by Gasteiger charge is 2.28. The van der Waals surface area contributed by atoms with Crippen molar-refractivity contribution in [1.29, 1.82) is 0 Å². The fourth-order valence-electron chi connectivity index (χ4n) is 3.28. The molecule has 1 N–H and O–H groups in total. The Kier molecular flexibility index (Phi) is 3.43. The molecule has 2 aromatic rings. The molecule has 1 saturated heterocycles. The van der Waals surface area contributed by atoms with Crippen molar-refractivity contribution in [3.05, 3.63) is 42.0 Å². The fourth-order valence-corrected chi connectivity index (χ4v) is 3.28. The number of rotatable bonds is 2. The third kappa shape index (κ3) is 2.66. The van der Waals surface area contributed by atoms with Crippen molar-refractivity contribution >= 4 is 10.8 Å². The second-order valence-corrected chi connectivity index (χ2v) is 6.47. The van der Waals surface area contributed by atoms with Crippen molar-refractivity contribution in [1.82, 2.24) is 5.32 Å². The maximum absolute atomic E-state index is 5.29. The number of methoxy groups -OCH3 is 1. The molecule has 0 aromatic heterocycles. The molecule has 2 aromatic carbocycles. The molecule has 1 atom stereocenters. The van der Waals surface area contributed by atoms with Crippen LogP contribution in [0.2, 0.25) is 0 Å². The lowest BCUT2D eigenvalue weighted by molar-refractivity contribution is 0.275. The molecule has 1 aliphatic rings. The van der Waals surface area contributed by atoms with Gasteiger partial charge in [0.25, 0.3) is 0 Å². The minimum atomic E-state index is 0.248. The number of hydrogen-bond acceptors (Lipinski definition) is 2. The van der Waals surface area contributed by atoms with Gasteiger partial charge in [-0.25, -0.2) is 0 Å². The minimum absolute atomic E-state index is 0.248. The molecule has 1 fully saturated rings. The lowest BCUT2D eigenvalue weighted by atomic mass is 9.80. The molecular formula is C18H23NO. The normalized spacial score (nSPS) is 21.9. The number of piperidine rings is 1. The van der Waals surface area contributed by atoms with E-state index in [1.807, 2.05) is 6.07 Å². The van der Waals surface area contributed by atoms with Crippen LogP contribution in [0.15, 0.2) is 36.4 Å². The molecule has 1 aliphatic heterocycles. The van der Waals surface area contributed by atoms with E-state index in [2.05, 4.69) is 49.5 Å². The lowest BCUT2D eigenvalue weighted by Crippen LogP contribution is -2.45. The van der Waals surface area contributed by atoms with Gasteiger partial charge >= 0.3 is 0 Å². The summed E-state index contributed by atoms with van der Waals surface area (Å²) in [5.41, 5.74) is 1.72. The van der Waals surface area contributed by atoms with Crippen LogP contribution in [0.25, 0.3) is 10.8 Å². The van der Waals surface area contributed by atoms with Crippen LogP contribution < -0.4 is 10.1 Å². The Hall–Kier alpha value is -1.54. The molecule has 0 aliphatic carbocycles. The van der Waals surface area contributed by atoms with Crippen molar-refractivity contribution in [2.24, 2.45) is 0 Å². The zero-order valence-electron chi connectivity index (χ0n) is 12.6. The van der Waals surface area contributed by atoms with Gasteiger partial charge in [-0.2, -0.15) is 0 Å². The summed E-state index contributed by atoms with van der Waals surface area (Å²) in [6.45, 7) is 5.70. The molecule has 20 heavy (non-hydrogen) atoms. The standard InChI is InChI=1S/C18H23NO/c1-18(2)12-16(8-9-19-18)14-4-5-15-11-17(20-3)7-6-13(15)10-14/h4-7,10-11,16,19H,8-9,12H2,1-3H3. The predicted octanol–water partition coefficient (Wildman–Crippen LogP) is 4.09. The second-order valence-electron chi connectivity index (χ2n) is 6.47. The number of hydrogen-bond donors (Lipinski definition) is 1. The molecule has 1 unspecified atom stereocenters. The first-order valence-corrected chi connectivity index (χ1v) is 7.40. The van der Waals surface area contributed by atoms with E-state index >= 15 is 0 Å². The minimum Gasteiger partial charge on any atom is -0.497 e. The van der Waals surface area contributed by atoms with E-state index in [1.165, 1.54) is 29.2 Å². The Labute approximate surface area is 121 Å². The van der Waals surface area contributed by atoms with Gasteiger partial charge in [0.15, 0.2) is 0 Å². The molecule has 3 rings (SSSR count). The average molecular weight is 269 g/mol. The monoisotopic (exact) mass is 269 g/mol. The SMILES string of the molecule is COc1ccc2cc(C3CCNC(C)(C)C3)ccc2c1. The highest BCUT2D eigenvalue weighted by molar-refractivity contribution is 5.84. The molecular weight excluding hydrogens is 246 g/mol. The van der Waals surface area contributed by atoms with Crippen LogP contribution in [0.3, 0.4) is 0 Å². The highest BCUT2D eigenvalue weighted by atomic mass is 16.5. The maximum atomic E-state index is 5.29. The van der Waals surface area contributed by atoms with E-state index in [0.29, 0.717) is 5.92 Å². The number of fused-ring (bicyclic) bond motifs is 1. The molecule has 0 amide bonds. The highest BCUT2D eigenvalue weighted by Crippen LogP contribution is 2.34. The maximum Gasteiger partial charge on any atom is 0.119 e. The Morgan fingerprint density at radius 2 is 1.85 bits per heavy atom. The molecule has 0 saturated carbocycles. The van der Waals surface area contributed by atoms with Crippen LogP contribution in [0, 0.1) is 0 Å². The topological polar surface area (TPSA) is 21.3 Å². The smallest absolute Gasteiger partial charge is 0.119 e. The van der Waals surface area contributed by atoms with Crippen molar-refractivity contribution in [3.63, 3.8) is 0 Å². The summed E-state index contributed by atoms with van der Waals surface area (Å²) in [5, 5.41) is 6.15. The van der Waals surface area contributed by atoms with E-state index in [9.17, 15) is 0 Å². The largest absolute Gasteiger partial charge is 0.497 e. The first kappa shape index (κ1) is 13.4. The fraction of sp³-hybridized carbons (Fsp3) is 0.444. The summed E-state index contributed by atoms with van der Waals surface area (Å²) in [6.07, 6.45) is 2.43. The molecule has 1 heterocycles. The van der Waals surface area contributed by atoms with Crippen molar-refractivity contribution in [2.75, 3.05) is 13.7 Å². The second kappa shape index (κ2) is 5.10. The molecule has 2 heteroatoms. The molecule has 0 bridgehead atoms. The first-order chi connectivity index (χ1) is 9.57. The quantitative estimate of drug-likeness (QED) is 0.886. The van der Waals surface area contributed by atoms with Gasteiger partial charge in [-0.3, -0.25) is 0 Å². The van der Waals surface area contributed by atoms with Gasteiger partial charge in [-0.05, 0) is 67.6 Å². The molecule has 106 valence electrons. The average Bonchev–Trinajstić information content (AvgIpc) is 2.45. The van der Waals surface area contributed by atoms with Gasteiger partial charge in [0.05, 0.1) is 7.11 Å². The van der Waals surface area contributed by atoms with E-state index in [1.54, 1.807) is 7.11 Å². The van der Waals surface area contributed by atoms with Gasteiger partial charge < -0.3 is 10.1 Å². The van der Waals surface area contributed by atoms with Gasteiger partial charge in [-0.15, -0.1) is 0 Å². The van der Waals surface area contributed by atoms with Crippen LogP contribution in [0.5, 0.6) is 5.75 Å². The molecule has 0 spiro atoms. The van der Waals surface area contributed by atoms with Gasteiger partial charge in [0.1, 0.15) is 5.75 Å². The van der Waals surface area contributed by atoms with Crippen molar-refractivity contribution in [2.45, 2.75) is 38.1 Å². The predicted molar refractivity (Wildman–Crippen MR) is 84.6 cm³/mol. The lowest BCUT2D eigenvalue weighted by Gasteiger charge is -2.36. The van der Waals surface area contributed by atoms with Gasteiger partial charge in [0, 0.05) is 5.54 Å². The Morgan fingerprint density at radius 1 is 1.10 bits per heavy atom. The zero-order valence-corrected chi connectivity index (χ0v) is 12.6. The molecule has 2 nitrogen and oxygen atoms in total. The van der Waals surface area contributed by atoms with Crippen molar-refractivity contribution in [3.8, 4) is 5.75 Å². The van der Waals surface area contributed by atoms with E-state index in [0.717, 1.165) is 12.3 Å². The number of benzene rings is 2. The summed E-state index contributed by atoms with van der Waals surface area (Å²) in [5.74, 6) is 1.59. The van der Waals surface area contributed by atoms with Gasteiger partial charge in [-0.1, -0.05) is 24.3 Å². The van der Waals surface area contributed by atoms with E-state index < -0.39 is 0 Å². The van der Waals surface area contributed by atoms with Crippen LogP contribution >= 0.6 is 0 Å². The summed E-state index contributed by atoms with van der Waals surface area (Å²) in [7, 11) is 1.71. The third-order valence-corrected chi connectivity index (χ3v) is 4.40. The van der Waals surface area contributed by atoms with E-state index in [4.69, 9.17) is 4.74 Å². The third-order valence-electron chi connectivity index (χ3n) is 4.40. The Morgan fingerprint density at radius 3 is 2.60 bits per heavy atom. The number of nitrogens with one attached hydrogen (secondary N) is 1. The van der Waals surface area contributed by atoms with Crippen LogP contribution in [-0.4, -0.2) is 19.2 Å². The first-order valence-electron chi connectivity index (χ1n) is 7.40. The van der Waals surface area contributed by atoms with Crippen LogP contribution in [0.1, 0.15) is 38.2 Å². The summed E-state index contributed by atoms with van der Waals surface area (Å²) < 4.78 is 5.29. The Balaban J connectivity index is 1.92. The summed E-state index contributed by atoms with van der Waals surface area (Å²) >= 11 is 0. The van der Waals surface area contributed by atoms with Crippen LogP contribution in [0.4, 0.5) is 0 Å². The molecule has 0 radical (unpaired) electrons. The summed E-state index contributed by atoms with van der Waals surface area (Å²) in [4.78, 5) is 0. The summed E-state index contributed by atoms with van der Waals surface area (Å²) in [6, 6.07) is 13.2. The van der Waals surface area contributed by atoms with Gasteiger partial charge in [0.2, 0.25) is 0 Å². The van der Waals surface area contributed by atoms with E-state index in [-0.39, 0.29) is 5.54 Å². The van der Waals surface area contributed by atoms with Crippen LogP contribution in [-0.2, 0) is 0 Å². The number of ether oxygens (including phenoxy) is 1. The van der Waals surface area contributed by atoms with Crippen molar-refractivity contribution < 1.29 is 4.74 Å².